The number of hydrogen-bond donors (Lipinski definition) is 1. The van der Waals surface area contributed by atoms with Gasteiger partial charge in [0, 0.05) is 13.0 Å². The molecule has 0 aliphatic rings. The molecule has 0 aromatic heterocycles. The van der Waals surface area contributed by atoms with Crippen LogP contribution in [0, 0.1) is 0 Å². The van der Waals surface area contributed by atoms with E-state index in [1.165, 1.54) is 0 Å². The van der Waals surface area contributed by atoms with Crippen LogP contribution in [0.5, 0.6) is 5.75 Å². The number of aliphatic hydroxyl groups excluding tert-OH is 1. The molecular weight excluding hydrogens is 244 g/mol. The maximum absolute atomic E-state index is 8.71. The van der Waals surface area contributed by atoms with E-state index in [0.29, 0.717) is 6.42 Å². The first-order valence-corrected chi connectivity index (χ1v) is 5.16. The van der Waals surface area contributed by atoms with Gasteiger partial charge in [0.15, 0.2) is 0 Å². The van der Waals surface area contributed by atoms with Crippen molar-refractivity contribution in [3.05, 3.63) is 34.3 Å². The molecule has 0 unspecified atom stereocenters. The minimum Gasteiger partial charge on any atom is -0.497 e. The highest BCUT2D eigenvalue weighted by molar-refractivity contribution is 9.11. The maximum Gasteiger partial charge on any atom is 0.118 e. The van der Waals surface area contributed by atoms with Crippen molar-refractivity contribution in [2.45, 2.75) is 6.42 Å². The van der Waals surface area contributed by atoms with Crippen molar-refractivity contribution in [2.75, 3.05) is 13.7 Å². The normalized spacial score (nSPS) is 11.5. The Morgan fingerprint density at radius 2 is 2.07 bits per heavy atom. The van der Waals surface area contributed by atoms with Gasteiger partial charge in [0.25, 0.3) is 0 Å². The second kappa shape index (κ2) is 5.83. The summed E-state index contributed by atoms with van der Waals surface area (Å²) in [6, 6.07) is 7.76. The number of halogens is 1. The molecule has 0 amide bonds. The SMILES string of the molecule is COc1ccc(/C=C(/Br)CCO)cc1. The standard InChI is InChI=1S/C11H13BrO2/c1-14-11-4-2-9(3-5-11)8-10(12)6-7-13/h2-5,8,13H,6-7H2,1H3/b10-8+. The van der Waals surface area contributed by atoms with E-state index in [1.54, 1.807) is 7.11 Å². The molecule has 3 heteroatoms. The first kappa shape index (κ1) is 11.3. The Kier molecular flexibility index (Phi) is 4.70. The molecule has 1 rings (SSSR count). The lowest BCUT2D eigenvalue weighted by Gasteiger charge is -2.00. The number of benzene rings is 1. The lowest BCUT2D eigenvalue weighted by Crippen LogP contribution is -1.83. The average molecular weight is 257 g/mol. The number of rotatable bonds is 4. The monoisotopic (exact) mass is 256 g/mol. The smallest absolute Gasteiger partial charge is 0.118 e. The quantitative estimate of drug-likeness (QED) is 0.898. The number of ether oxygens (including phenoxy) is 1. The lowest BCUT2D eigenvalue weighted by molar-refractivity contribution is 0.302. The summed E-state index contributed by atoms with van der Waals surface area (Å²) < 4.78 is 6.04. The Balaban J connectivity index is 2.72. The average Bonchev–Trinajstić information content (AvgIpc) is 2.19. The van der Waals surface area contributed by atoms with Crippen LogP contribution in [0.2, 0.25) is 0 Å². The molecule has 1 N–H and O–H groups in total. The third-order valence-electron chi connectivity index (χ3n) is 1.79. The van der Waals surface area contributed by atoms with Gasteiger partial charge in [-0.25, -0.2) is 0 Å². The summed E-state index contributed by atoms with van der Waals surface area (Å²) in [5, 5.41) is 8.71. The van der Waals surface area contributed by atoms with Gasteiger partial charge in [-0.2, -0.15) is 0 Å². The highest BCUT2D eigenvalue weighted by Crippen LogP contribution is 2.17. The van der Waals surface area contributed by atoms with E-state index in [1.807, 2.05) is 30.3 Å². The Labute approximate surface area is 92.3 Å². The van der Waals surface area contributed by atoms with Crippen molar-refractivity contribution < 1.29 is 9.84 Å². The van der Waals surface area contributed by atoms with E-state index in [-0.39, 0.29) is 6.61 Å². The third-order valence-corrected chi connectivity index (χ3v) is 2.42. The number of methoxy groups -OCH3 is 1. The summed E-state index contributed by atoms with van der Waals surface area (Å²) in [7, 11) is 1.65. The van der Waals surface area contributed by atoms with Crippen molar-refractivity contribution in [1.82, 2.24) is 0 Å². The van der Waals surface area contributed by atoms with Gasteiger partial charge in [0.05, 0.1) is 7.11 Å². The van der Waals surface area contributed by atoms with E-state index in [4.69, 9.17) is 9.84 Å². The molecule has 0 fully saturated rings. The van der Waals surface area contributed by atoms with Crippen molar-refractivity contribution in [1.29, 1.82) is 0 Å². The Hall–Kier alpha value is -0.800. The Bertz CT molecular complexity index is 304. The molecule has 2 nitrogen and oxygen atoms in total. The van der Waals surface area contributed by atoms with Crippen LogP contribution >= 0.6 is 15.9 Å². The predicted molar refractivity (Wildman–Crippen MR) is 61.6 cm³/mol. The summed E-state index contributed by atoms with van der Waals surface area (Å²) in [6.07, 6.45) is 2.63. The fraction of sp³-hybridized carbons (Fsp3) is 0.273. The van der Waals surface area contributed by atoms with Crippen LogP contribution in [-0.4, -0.2) is 18.8 Å². The van der Waals surface area contributed by atoms with Crippen molar-refractivity contribution in [3.8, 4) is 5.75 Å². The van der Waals surface area contributed by atoms with Crippen molar-refractivity contribution >= 4 is 22.0 Å². The molecule has 0 atom stereocenters. The summed E-state index contributed by atoms with van der Waals surface area (Å²) in [5.74, 6) is 0.848. The summed E-state index contributed by atoms with van der Waals surface area (Å²) in [6.45, 7) is 0.160. The molecule has 0 spiro atoms. The predicted octanol–water partition coefficient (Wildman–Crippen LogP) is 2.81. The summed E-state index contributed by atoms with van der Waals surface area (Å²) in [5.41, 5.74) is 1.09. The molecule has 14 heavy (non-hydrogen) atoms. The van der Waals surface area contributed by atoms with Gasteiger partial charge in [-0.1, -0.05) is 28.1 Å². The van der Waals surface area contributed by atoms with Crippen LogP contribution < -0.4 is 4.74 Å². The molecule has 1 aromatic rings. The van der Waals surface area contributed by atoms with Crippen LogP contribution in [0.15, 0.2) is 28.7 Å². The van der Waals surface area contributed by atoms with Crippen LogP contribution in [0.4, 0.5) is 0 Å². The Morgan fingerprint density at radius 3 is 2.57 bits per heavy atom. The summed E-state index contributed by atoms with van der Waals surface area (Å²) >= 11 is 3.38. The molecular formula is C11H13BrO2. The van der Waals surface area contributed by atoms with Gasteiger partial charge < -0.3 is 9.84 Å². The highest BCUT2D eigenvalue weighted by atomic mass is 79.9. The molecule has 76 valence electrons. The maximum atomic E-state index is 8.71. The molecule has 0 saturated heterocycles. The third kappa shape index (κ3) is 3.52. The number of aliphatic hydroxyl groups is 1. The molecule has 0 aliphatic carbocycles. The van der Waals surface area contributed by atoms with Gasteiger partial charge in [-0.3, -0.25) is 0 Å². The van der Waals surface area contributed by atoms with E-state index in [9.17, 15) is 0 Å². The zero-order valence-corrected chi connectivity index (χ0v) is 9.62. The van der Waals surface area contributed by atoms with E-state index < -0.39 is 0 Å². The van der Waals surface area contributed by atoms with Gasteiger partial charge in [-0.05, 0) is 28.3 Å². The zero-order valence-electron chi connectivity index (χ0n) is 8.03. The fourth-order valence-corrected chi connectivity index (χ4v) is 1.50. The van der Waals surface area contributed by atoms with Crippen molar-refractivity contribution in [3.63, 3.8) is 0 Å². The second-order valence-corrected chi connectivity index (χ2v) is 3.86. The highest BCUT2D eigenvalue weighted by Gasteiger charge is 1.93. The van der Waals surface area contributed by atoms with Crippen LogP contribution in [-0.2, 0) is 0 Å². The van der Waals surface area contributed by atoms with Crippen molar-refractivity contribution in [2.24, 2.45) is 0 Å². The van der Waals surface area contributed by atoms with Crippen LogP contribution in [0.1, 0.15) is 12.0 Å². The van der Waals surface area contributed by atoms with Gasteiger partial charge >= 0.3 is 0 Å². The van der Waals surface area contributed by atoms with E-state index in [2.05, 4.69) is 15.9 Å². The molecule has 0 bridgehead atoms. The Morgan fingerprint density at radius 1 is 1.43 bits per heavy atom. The van der Waals surface area contributed by atoms with Crippen LogP contribution in [0.25, 0.3) is 6.08 Å². The van der Waals surface area contributed by atoms with Crippen LogP contribution in [0.3, 0.4) is 0 Å². The van der Waals surface area contributed by atoms with E-state index in [0.717, 1.165) is 15.8 Å². The second-order valence-electron chi connectivity index (χ2n) is 2.84. The van der Waals surface area contributed by atoms with E-state index >= 15 is 0 Å². The molecule has 0 heterocycles. The first-order valence-electron chi connectivity index (χ1n) is 4.37. The van der Waals surface area contributed by atoms with Gasteiger partial charge in [0.1, 0.15) is 5.75 Å². The fourth-order valence-electron chi connectivity index (χ4n) is 1.06. The summed E-state index contributed by atoms with van der Waals surface area (Å²) in [4.78, 5) is 0. The minimum absolute atomic E-state index is 0.160. The first-order chi connectivity index (χ1) is 6.76. The van der Waals surface area contributed by atoms with Gasteiger partial charge in [-0.15, -0.1) is 0 Å². The lowest BCUT2D eigenvalue weighted by atomic mass is 10.2. The zero-order chi connectivity index (χ0) is 10.4. The molecule has 0 saturated carbocycles. The molecule has 0 aliphatic heterocycles. The largest absolute Gasteiger partial charge is 0.497 e. The molecule has 1 aromatic carbocycles. The number of hydrogen-bond acceptors (Lipinski definition) is 2. The van der Waals surface area contributed by atoms with Gasteiger partial charge in [0.2, 0.25) is 0 Å². The minimum atomic E-state index is 0.160. The molecule has 0 radical (unpaired) electrons. The topological polar surface area (TPSA) is 29.5 Å².